The summed E-state index contributed by atoms with van der Waals surface area (Å²) in [5.41, 5.74) is 8.02. The highest BCUT2D eigenvalue weighted by Gasteiger charge is 2.31. The second-order valence-electron chi connectivity index (χ2n) is 7.29. The van der Waals surface area contributed by atoms with Gasteiger partial charge in [-0.2, -0.15) is 0 Å². The van der Waals surface area contributed by atoms with E-state index in [1.807, 2.05) is 54.4 Å². The average molecular weight is 365 g/mol. The van der Waals surface area contributed by atoms with E-state index in [2.05, 4.69) is 11.8 Å². The van der Waals surface area contributed by atoms with Gasteiger partial charge in [0.15, 0.2) is 0 Å². The SMILES string of the molecule is CC(c1ccccc1)N(C)C(=O)CN(Cc1ccc(C(N)=O)cc1)C1CC1. The summed E-state index contributed by atoms with van der Waals surface area (Å²) in [5, 5.41) is 0. The van der Waals surface area contributed by atoms with Crippen molar-refractivity contribution < 1.29 is 9.59 Å². The maximum Gasteiger partial charge on any atom is 0.248 e. The van der Waals surface area contributed by atoms with Gasteiger partial charge in [0, 0.05) is 25.2 Å². The number of likely N-dealkylation sites (N-methyl/N-ethyl adjacent to an activating group) is 1. The zero-order chi connectivity index (χ0) is 19.4. The van der Waals surface area contributed by atoms with Crippen molar-refractivity contribution >= 4 is 11.8 Å². The fourth-order valence-electron chi connectivity index (χ4n) is 3.22. The molecule has 0 saturated heterocycles. The molecule has 1 aliphatic rings. The number of nitrogens with zero attached hydrogens (tertiary/aromatic N) is 2. The molecule has 2 aromatic rings. The van der Waals surface area contributed by atoms with Gasteiger partial charge in [-0.15, -0.1) is 0 Å². The van der Waals surface area contributed by atoms with Crippen LogP contribution >= 0.6 is 0 Å². The number of amides is 2. The molecule has 0 radical (unpaired) electrons. The Labute approximate surface area is 160 Å². The first-order chi connectivity index (χ1) is 13.0. The molecule has 1 aliphatic carbocycles. The van der Waals surface area contributed by atoms with Gasteiger partial charge in [0.1, 0.15) is 0 Å². The van der Waals surface area contributed by atoms with Gasteiger partial charge >= 0.3 is 0 Å². The lowest BCUT2D eigenvalue weighted by atomic mass is 10.1. The molecule has 5 heteroatoms. The molecule has 0 heterocycles. The van der Waals surface area contributed by atoms with Crippen LogP contribution in [0.25, 0.3) is 0 Å². The zero-order valence-electron chi connectivity index (χ0n) is 16.0. The number of hydrogen-bond acceptors (Lipinski definition) is 3. The molecule has 27 heavy (non-hydrogen) atoms. The minimum absolute atomic E-state index is 0.0367. The summed E-state index contributed by atoms with van der Waals surface area (Å²) >= 11 is 0. The first kappa shape index (κ1) is 19.1. The Morgan fingerprint density at radius 2 is 1.70 bits per heavy atom. The van der Waals surface area contributed by atoms with Crippen molar-refractivity contribution in [3.63, 3.8) is 0 Å². The fourth-order valence-corrected chi connectivity index (χ4v) is 3.22. The van der Waals surface area contributed by atoms with Crippen molar-refractivity contribution in [3.05, 3.63) is 71.3 Å². The molecule has 3 rings (SSSR count). The molecule has 142 valence electrons. The number of carbonyl (C=O) groups excluding carboxylic acids is 2. The maximum absolute atomic E-state index is 12.9. The molecule has 2 N–H and O–H groups in total. The summed E-state index contributed by atoms with van der Waals surface area (Å²) in [7, 11) is 1.87. The van der Waals surface area contributed by atoms with Crippen LogP contribution in [-0.4, -0.2) is 41.2 Å². The fraction of sp³-hybridized carbons (Fsp3) is 0.364. The summed E-state index contributed by atoms with van der Waals surface area (Å²) in [5.74, 6) is -0.306. The lowest BCUT2D eigenvalue weighted by Crippen LogP contribution is -2.40. The highest BCUT2D eigenvalue weighted by atomic mass is 16.2. The third-order valence-electron chi connectivity index (χ3n) is 5.28. The van der Waals surface area contributed by atoms with Gasteiger partial charge in [-0.05, 0) is 43.0 Å². The Morgan fingerprint density at radius 1 is 1.07 bits per heavy atom. The first-order valence-electron chi connectivity index (χ1n) is 9.39. The molecular formula is C22H27N3O2. The van der Waals surface area contributed by atoms with E-state index in [0.717, 1.165) is 24.0 Å². The topological polar surface area (TPSA) is 66.6 Å². The normalized spacial score (nSPS) is 14.8. The Balaban J connectivity index is 1.63. The van der Waals surface area contributed by atoms with E-state index >= 15 is 0 Å². The van der Waals surface area contributed by atoms with Crippen LogP contribution in [0.15, 0.2) is 54.6 Å². The van der Waals surface area contributed by atoms with Gasteiger partial charge in [0.25, 0.3) is 0 Å². The van der Waals surface area contributed by atoms with Crippen LogP contribution in [-0.2, 0) is 11.3 Å². The minimum Gasteiger partial charge on any atom is -0.366 e. The van der Waals surface area contributed by atoms with Crippen molar-refractivity contribution in [1.29, 1.82) is 0 Å². The Hall–Kier alpha value is -2.66. The highest BCUT2D eigenvalue weighted by Crippen LogP contribution is 2.29. The summed E-state index contributed by atoms with van der Waals surface area (Å²) in [4.78, 5) is 28.1. The molecule has 0 aliphatic heterocycles. The Kier molecular flexibility index (Phi) is 5.91. The van der Waals surface area contributed by atoms with Crippen LogP contribution in [0.2, 0.25) is 0 Å². The first-order valence-corrected chi connectivity index (χ1v) is 9.39. The standard InChI is InChI=1S/C22H27N3O2/c1-16(18-6-4-3-5-7-18)24(2)21(26)15-25(20-12-13-20)14-17-8-10-19(11-9-17)22(23)27/h3-11,16,20H,12-15H2,1-2H3,(H2,23,27). The largest absolute Gasteiger partial charge is 0.366 e. The molecule has 2 aromatic carbocycles. The average Bonchev–Trinajstić information content (AvgIpc) is 3.52. The molecule has 2 amide bonds. The van der Waals surface area contributed by atoms with E-state index in [-0.39, 0.29) is 11.9 Å². The van der Waals surface area contributed by atoms with Gasteiger partial charge in [-0.1, -0.05) is 42.5 Å². The summed E-state index contributed by atoms with van der Waals surface area (Å²) < 4.78 is 0. The van der Waals surface area contributed by atoms with Crippen LogP contribution in [0.3, 0.4) is 0 Å². The molecule has 0 spiro atoms. The predicted molar refractivity (Wildman–Crippen MR) is 106 cm³/mol. The van der Waals surface area contributed by atoms with Crippen LogP contribution in [0.1, 0.15) is 47.3 Å². The molecule has 1 unspecified atom stereocenters. The van der Waals surface area contributed by atoms with Crippen LogP contribution in [0.4, 0.5) is 0 Å². The third-order valence-corrected chi connectivity index (χ3v) is 5.28. The van der Waals surface area contributed by atoms with E-state index in [4.69, 9.17) is 5.73 Å². The van der Waals surface area contributed by atoms with Crippen molar-refractivity contribution in [2.24, 2.45) is 5.73 Å². The van der Waals surface area contributed by atoms with Crippen molar-refractivity contribution in [2.75, 3.05) is 13.6 Å². The Bertz CT molecular complexity index is 785. The Morgan fingerprint density at radius 3 is 2.26 bits per heavy atom. The minimum atomic E-state index is -0.424. The van der Waals surface area contributed by atoms with Crippen molar-refractivity contribution in [2.45, 2.75) is 38.4 Å². The zero-order valence-corrected chi connectivity index (χ0v) is 16.0. The van der Waals surface area contributed by atoms with Gasteiger partial charge < -0.3 is 10.6 Å². The summed E-state index contributed by atoms with van der Waals surface area (Å²) in [6.07, 6.45) is 2.26. The molecule has 1 atom stereocenters. The third kappa shape index (κ3) is 4.95. The molecule has 1 saturated carbocycles. The second kappa shape index (κ2) is 8.35. The summed E-state index contributed by atoms with van der Waals surface area (Å²) in [6, 6.07) is 17.9. The number of hydrogen-bond donors (Lipinski definition) is 1. The van der Waals surface area contributed by atoms with E-state index in [0.29, 0.717) is 24.7 Å². The monoisotopic (exact) mass is 365 g/mol. The van der Waals surface area contributed by atoms with Crippen molar-refractivity contribution in [3.8, 4) is 0 Å². The smallest absolute Gasteiger partial charge is 0.248 e. The quantitative estimate of drug-likeness (QED) is 0.782. The second-order valence-corrected chi connectivity index (χ2v) is 7.29. The van der Waals surface area contributed by atoms with Crippen LogP contribution < -0.4 is 5.73 Å². The van der Waals surface area contributed by atoms with Gasteiger partial charge in [0.2, 0.25) is 11.8 Å². The van der Waals surface area contributed by atoms with Crippen LogP contribution in [0, 0.1) is 0 Å². The van der Waals surface area contributed by atoms with E-state index in [1.54, 1.807) is 12.1 Å². The van der Waals surface area contributed by atoms with Gasteiger partial charge in [-0.25, -0.2) is 0 Å². The highest BCUT2D eigenvalue weighted by molar-refractivity contribution is 5.92. The van der Waals surface area contributed by atoms with Crippen molar-refractivity contribution in [1.82, 2.24) is 9.80 Å². The predicted octanol–water partition coefficient (Wildman–Crippen LogP) is 2.97. The lowest BCUT2D eigenvalue weighted by Gasteiger charge is -2.29. The molecule has 5 nitrogen and oxygen atoms in total. The molecule has 1 fully saturated rings. The van der Waals surface area contributed by atoms with Crippen LogP contribution in [0.5, 0.6) is 0 Å². The van der Waals surface area contributed by atoms with E-state index < -0.39 is 5.91 Å². The number of benzene rings is 2. The summed E-state index contributed by atoms with van der Waals surface area (Å²) in [6.45, 7) is 3.15. The molecule has 0 bridgehead atoms. The molecular weight excluding hydrogens is 338 g/mol. The number of primary amides is 1. The van der Waals surface area contributed by atoms with Gasteiger partial charge in [0.05, 0.1) is 12.6 Å². The maximum atomic E-state index is 12.9. The lowest BCUT2D eigenvalue weighted by molar-refractivity contribution is -0.133. The van der Waals surface area contributed by atoms with E-state index in [9.17, 15) is 9.59 Å². The van der Waals surface area contributed by atoms with Gasteiger partial charge in [-0.3, -0.25) is 14.5 Å². The number of rotatable bonds is 8. The number of nitrogens with two attached hydrogens (primary N) is 1. The number of carbonyl (C=O) groups is 2. The van der Waals surface area contributed by atoms with E-state index in [1.165, 1.54) is 0 Å². The molecule has 0 aromatic heterocycles.